The second kappa shape index (κ2) is 7.76. The number of aliphatic hydroxyl groups is 1. The molecule has 0 saturated heterocycles. The summed E-state index contributed by atoms with van der Waals surface area (Å²) < 4.78 is 0. The van der Waals surface area contributed by atoms with Crippen molar-refractivity contribution >= 4 is 23.2 Å². The number of carbonyl (C=O) groups is 1. The summed E-state index contributed by atoms with van der Waals surface area (Å²) in [5, 5.41) is 14.3. The number of nitrogens with one attached hydrogen (secondary N) is 2. The Kier molecular flexibility index (Phi) is 6.21. The third-order valence-electron chi connectivity index (χ3n) is 2.08. The van der Waals surface area contributed by atoms with E-state index in [2.05, 4.69) is 10.6 Å². The first kappa shape index (κ1) is 13.6. The Morgan fingerprint density at radius 3 is 2.65 bits per heavy atom. The minimum atomic E-state index is -0.141. The zero-order valence-electron chi connectivity index (χ0n) is 9.48. The van der Waals surface area contributed by atoms with Crippen LogP contribution >= 0.6 is 12.2 Å². The van der Waals surface area contributed by atoms with Crippen LogP contribution in [-0.4, -0.2) is 29.3 Å². The molecule has 1 aromatic rings. The van der Waals surface area contributed by atoms with Crippen LogP contribution in [0.4, 0.5) is 0 Å². The molecule has 0 aliphatic rings. The van der Waals surface area contributed by atoms with E-state index in [1.165, 1.54) is 0 Å². The van der Waals surface area contributed by atoms with E-state index in [1.54, 1.807) is 0 Å². The first-order chi connectivity index (χ1) is 8.22. The van der Waals surface area contributed by atoms with Crippen molar-refractivity contribution in [2.45, 2.75) is 12.8 Å². The molecule has 5 heteroatoms. The highest BCUT2D eigenvalue weighted by Gasteiger charge is 2.04. The molecular formula is C12H16N2O2S. The van der Waals surface area contributed by atoms with Gasteiger partial charge in [0.25, 0.3) is 0 Å². The Bertz CT molecular complexity index is 368. The predicted molar refractivity (Wildman–Crippen MR) is 70.6 cm³/mol. The number of hydrogen-bond donors (Lipinski definition) is 3. The van der Waals surface area contributed by atoms with Gasteiger partial charge in [-0.3, -0.25) is 4.79 Å². The molecule has 0 aliphatic carbocycles. The highest BCUT2D eigenvalue weighted by molar-refractivity contribution is 7.80. The average Bonchev–Trinajstić information content (AvgIpc) is 2.30. The second-order valence-corrected chi connectivity index (χ2v) is 3.95. The Balaban J connectivity index is 2.27. The van der Waals surface area contributed by atoms with Gasteiger partial charge in [-0.15, -0.1) is 0 Å². The normalized spacial score (nSPS) is 9.71. The van der Waals surface area contributed by atoms with Crippen molar-refractivity contribution in [1.29, 1.82) is 0 Å². The first-order valence-electron chi connectivity index (χ1n) is 5.45. The van der Waals surface area contributed by atoms with Gasteiger partial charge in [-0.25, -0.2) is 0 Å². The maximum absolute atomic E-state index is 11.6. The van der Waals surface area contributed by atoms with Gasteiger partial charge in [0.15, 0.2) is 5.11 Å². The fraction of sp³-hybridized carbons (Fsp3) is 0.333. The van der Waals surface area contributed by atoms with Crippen LogP contribution in [0, 0.1) is 0 Å². The lowest BCUT2D eigenvalue weighted by molar-refractivity contribution is -0.119. The van der Waals surface area contributed by atoms with Crippen LogP contribution in [0.1, 0.15) is 12.0 Å². The Labute approximate surface area is 106 Å². The Morgan fingerprint density at radius 2 is 2.00 bits per heavy atom. The van der Waals surface area contributed by atoms with Crippen LogP contribution in [0.5, 0.6) is 0 Å². The molecule has 0 saturated carbocycles. The van der Waals surface area contributed by atoms with E-state index in [0.29, 0.717) is 24.5 Å². The molecule has 0 fully saturated rings. The Hall–Kier alpha value is -1.46. The smallest absolute Gasteiger partial charge is 0.230 e. The van der Waals surface area contributed by atoms with Gasteiger partial charge < -0.3 is 15.7 Å². The van der Waals surface area contributed by atoms with E-state index in [4.69, 9.17) is 17.3 Å². The lowest BCUT2D eigenvalue weighted by Gasteiger charge is -2.08. The fourth-order valence-electron chi connectivity index (χ4n) is 1.28. The summed E-state index contributed by atoms with van der Waals surface area (Å²) in [6.07, 6.45) is 0.914. The van der Waals surface area contributed by atoms with Crippen LogP contribution in [-0.2, 0) is 11.2 Å². The van der Waals surface area contributed by atoms with Crippen LogP contribution < -0.4 is 10.6 Å². The Morgan fingerprint density at radius 1 is 1.29 bits per heavy atom. The van der Waals surface area contributed by atoms with Gasteiger partial charge in [0.05, 0.1) is 6.42 Å². The van der Waals surface area contributed by atoms with E-state index in [0.717, 1.165) is 5.56 Å². The number of benzene rings is 1. The molecule has 0 radical (unpaired) electrons. The van der Waals surface area contributed by atoms with E-state index in [1.807, 2.05) is 30.3 Å². The summed E-state index contributed by atoms with van der Waals surface area (Å²) in [6, 6.07) is 9.47. The number of amides is 1. The molecule has 1 amide bonds. The predicted octanol–water partition coefficient (Wildman–Crippen LogP) is 0.602. The first-order valence-corrected chi connectivity index (χ1v) is 5.85. The van der Waals surface area contributed by atoms with Crippen molar-refractivity contribution in [3.63, 3.8) is 0 Å². The maximum atomic E-state index is 11.6. The molecular weight excluding hydrogens is 236 g/mol. The van der Waals surface area contributed by atoms with Crippen LogP contribution in [0.2, 0.25) is 0 Å². The van der Waals surface area contributed by atoms with E-state index in [-0.39, 0.29) is 12.5 Å². The summed E-state index contributed by atoms with van der Waals surface area (Å²) in [6.45, 7) is 0.661. The van der Waals surface area contributed by atoms with Gasteiger partial charge in [-0.05, 0) is 24.2 Å². The lowest BCUT2D eigenvalue weighted by atomic mass is 10.1. The number of thiocarbonyl (C=S) groups is 1. The largest absolute Gasteiger partial charge is 0.396 e. The molecule has 0 unspecified atom stereocenters. The fourth-order valence-corrected chi connectivity index (χ4v) is 1.49. The summed E-state index contributed by atoms with van der Waals surface area (Å²) in [5.41, 5.74) is 0.947. The van der Waals surface area contributed by atoms with E-state index in [9.17, 15) is 4.79 Å². The molecule has 92 valence electrons. The van der Waals surface area contributed by atoms with Crippen molar-refractivity contribution < 1.29 is 9.90 Å². The second-order valence-electron chi connectivity index (χ2n) is 3.54. The molecule has 0 spiro atoms. The number of rotatable bonds is 5. The number of aliphatic hydroxyl groups excluding tert-OH is 1. The summed E-state index contributed by atoms with van der Waals surface area (Å²) >= 11 is 4.94. The summed E-state index contributed by atoms with van der Waals surface area (Å²) in [4.78, 5) is 11.6. The molecule has 0 heterocycles. The molecule has 17 heavy (non-hydrogen) atoms. The SMILES string of the molecule is O=C(Cc1ccccc1)NC(=S)NCCCO. The van der Waals surface area contributed by atoms with Crippen molar-refractivity contribution in [2.75, 3.05) is 13.2 Å². The van der Waals surface area contributed by atoms with Crippen molar-refractivity contribution in [3.05, 3.63) is 35.9 Å². The molecule has 0 atom stereocenters. The quantitative estimate of drug-likeness (QED) is 0.530. The summed E-state index contributed by atoms with van der Waals surface area (Å²) in [5.74, 6) is -0.141. The van der Waals surface area contributed by atoms with Crippen molar-refractivity contribution in [1.82, 2.24) is 10.6 Å². The average molecular weight is 252 g/mol. The standard InChI is InChI=1S/C12H16N2O2S/c15-8-4-7-13-12(17)14-11(16)9-10-5-2-1-3-6-10/h1-3,5-6,15H,4,7-9H2,(H2,13,14,16,17). The van der Waals surface area contributed by atoms with Gasteiger partial charge in [0, 0.05) is 13.2 Å². The highest BCUT2D eigenvalue weighted by atomic mass is 32.1. The topological polar surface area (TPSA) is 61.4 Å². The van der Waals surface area contributed by atoms with Crippen LogP contribution in [0.15, 0.2) is 30.3 Å². The van der Waals surface area contributed by atoms with Crippen LogP contribution in [0.3, 0.4) is 0 Å². The highest BCUT2D eigenvalue weighted by Crippen LogP contribution is 1.98. The minimum Gasteiger partial charge on any atom is -0.396 e. The van der Waals surface area contributed by atoms with Crippen molar-refractivity contribution in [3.8, 4) is 0 Å². The minimum absolute atomic E-state index is 0.105. The third kappa shape index (κ3) is 5.99. The molecule has 0 aliphatic heterocycles. The van der Waals surface area contributed by atoms with Gasteiger partial charge in [-0.1, -0.05) is 30.3 Å². The monoisotopic (exact) mass is 252 g/mol. The van der Waals surface area contributed by atoms with E-state index < -0.39 is 0 Å². The molecule has 3 N–H and O–H groups in total. The molecule has 0 aromatic heterocycles. The van der Waals surface area contributed by atoms with Crippen molar-refractivity contribution in [2.24, 2.45) is 0 Å². The van der Waals surface area contributed by atoms with Gasteiger partial charge in [0.2, 0.25) is 5.91 Å². The lowest BCUT2D eigenvalue weighted by Crippen LogP contribution is -2.40. The number of hydrogen-bond acceptors (Lipinski definition) is 3. The maximum Gasteiger partial charge on any atom is 0.230 e. The number of carbonyl (C=O) groups excluding carboxylic acids is 1. The molecule has 1 rings (SSSR count). The molecule has 0 bridgehead atoms. The van der Waals surface area contributed by atoms with Gasteiger partial charge in [-0.2, -0.15) is 0 Å². The third-order valence-corrected chi connectivity index (χ3v) is 2.33. The zero-order valence-corrected chi connectivity index (χ0v) is 10.3. The van der Waals surface area contributed by atoms with Gasteiger partial charge in [0.1, 0.15) is 0 Å². The van der Waals surface area contributed by atoms with Crippen LogP contribution in [0.25, 0.3) is 0 Å². The summed E-state index contributed by atoms with van der Waals surface area (Å²) in [7, 11) is 0. The molecule has 1 aromatic carbocycles. The molecule has 4 nitrogen and oxygen atoms in total. The van der Waals surface area contributed by atoms with E-state index >= 15 is 0 Å². The van der Waals surface area contributed by atoms with Gasteiger partial charge >= 0.3 is 0 Å². The zero-order chi connectivity index (χ0) is 12.5.